The van der Waals surface area contributed by atoms with Crippen molar-refractivity contribution in [3.63, 3.8) is 0 Å². The second-order valence-corrected chi connectivity index (χ2v) is 8.05. The number of aromatic nitrogens is 3. The number of nitrogens with zero attached hydrogens (tertiary/aromatic N) is 3. The van der Waals surface area contributed by atoms with E-state index in [9.17, 15) is 9.59 Å². The Balaban J connectivity index is 1.82. The van der Waals surface area contributed by atoms with Crippen LogP contribution in [0.3, 0.4) is 0 Å². The molecule has 1 aliphatic rings. The number of carbonyl (C=O) groups is 1. The van der Waals surface area contributed by atoms with Crippen LogP contribution in [-0.2, 0) is 17.9 Å². The third-order valence-electron chi connectivity index (χ3n) is 5.30. The molecule has 0 bridgehead atoms. The lowest BCUT2D eigenvalue weighted by molar-refractivity contribution is -0.123. The Morgan fingerprint density at radius 3 is 2.85 bits per heavy atom. The van der Waals surface area contributed by atoms with Gasteiger partial charge in [-0.3, -0.25) is 9.36 Å². The van der Waals surface area contributed by atoms with Gasteiger partial charge < -0.3 is 5.32 Å². The summed E-state index contributed by atoms with van der Waals surface area (Å²) >= 11 is 0. The van der Waals surface area contributed by atoms with Crippen LogP contribution in [0, 0.1) is 19.8 Å². The van der Waals surface area contributed by atoms with Crippen molar-refractivity contribution in [3.8, 4) is 0 Å². The molecule has 0 radical (unpaired) electrons. The van der Waals surface area contributed by atoms with E-state index in [1.165, 1.54) is 4.68 Å². The van der Waals surface area contributed by atoms with Crippen LogP contribution in [0.5, 0.6) is 0 Å². The summed E-state index contributed by atoms with van der Waals surface area (Å²) in [5, 5.41) is 7.58. The van der Waals surface area contributed by atoms with Crippen molar-refractivity contribution in [3.05, 3.63) is 51.2 Å². The number of aryl methyl sites for hydroxylation is 2. The van der Waals surface area contributed by atoms with E-state index in [0.717, 1.165) is 36.0 Å². The fraction of sp³-hybridized carbons (Fsp3) is 0.571. The lowest BCUT2D eigenvalue weighted by Crippen LogP contribution is -2.35. The molecular formula is C21H30N4O2. The van der Waals surface area contributed by atoms with Gasteiger partial charge in [0.1, 0.15) is 5.82 Å². The summed E-state index contributed by atoms with van der Waals surface area (Å²) in [6.07, 6.45) is 2.52. The normalized spacial score (nSPS) is 16.4. The number of nitrogens with one attached hydrogen (secondary N) is 1. The zero-order valence-corrected chi connectivity index (χ0v) is 16.8. The van der Waals surface area contributed by atoms with Crippen molar-refractivity contribution in [1.82, 2.24) is 19.7 Å². The van der Waals surface area contributed by atoms with Gasteiger partial charge in [0.25, 0.3) is 0 Å². The Bertz CT molecular complexity index is 879. The fourth-order valence-corrected chi connectivity index (χ4v) is 3.60. The van der Waals surface area contributed by atoms with Crippen LogP contribution in [0.25, 0.3) is 0 Å². The summed E-state index contributed by atoms with van der Waals surface area (Å²) in [6, 6.07) is 6.23. The maximum atomic E-state index is 12.8. The predicted octanol–water partition coefficient (Wildman–Crippen LogP) is 2.75. The molecule has 146 valence electrons. The summed E-state index contributed by atoms with van der Waals surface area (Å²) in [5.41, 5.74) is 3.27. The molecule has 1 aromatic heterocycles. The largest absolute Gasteiger partial charge is 0.355 e. The second-order valence-electron chi connectivity index (χ2n) is 8.05. The number of benzene rings is 1. The molecular weight excluding hydrogens is 340 g/mol. The molecule has 27 heavy (non-hydrogen) atoms. The number of rotatable bonds is 6. The fourth-order valence-electron chi connectivity index (χ4n) is 3.60. The van der Waals surface area contributed by atoms with Gasteiger partial charge in [0.15, 0.2) is 0 Å². The lowest BCUT2D eigenvalue weighted by atomic mass is 9.98. The van der Waals surface area contributed by atoms with Crippen LogP contribution in [0.15, 0.2) is 23.0 Å². The first-order valence-corrected chi connectivity index (χ1v) is 9.88. The summed E-state index contributed by atoms with van der Waals surface area (Å²) in [7, 11) is 0. The van der Waals surface area contributed by atoms with E-state index in [0.29, 0.717) is 31.4 Å². The van der Waals surface area contributed by atoms with E-state index in [2.05, 4.69) is 42.5 Å². The van der Waals surface area contributed by atoms with Crippen molar-refractivity contribution < 1.29 is 4.79 Å². The van der Waals surface area contributed by atoms with E-state index in [4.69, 9.17) is 0 Å². The van der Waals surface area contributed by atoms with E-state index >= 15 is 0 Å². The van der Waals surface area contributed by atoms with Crippen LogP contribution in [0.2, 0.25) is 0 Å². The second kappa shape index (κ2) is 8.11. The maximum Gasteiger partial charge on any atom is 0.346 e. The molecule has 1 amide bonds. The molecule has 6 heteroatoms. The van der Waals surface area contributed by atoms with Gasteiger partial charge in [0, 0.05) is 13.1 Å². The molecule has 1 aromatic carbocycles. The van der Waals surface area contributed by atoms with Crippen LogP contribution >= 0.6 is 0 Å². The Labute approximate surface area is 160 Å². The van der Waals surface area contributed by atoms with E-state index in [-0.39, 0.29) is 17.5 Å². The Kier molecular flexibility index (Phi) is 5.82. The van der Waals surface area contributed by atoms with Crippen LogP contribution in [0.1, 0.15) is 61.5 Å². The minimum absolute atomic E-state index is 0.0134. The highest BCUT2D eigenvalue weighted by atomic mass is 16.2. The summed E-state index contributed by atoms with van der Waals surface area (Å²) in [6.45, 7) is 10.1. The summed E-state index contributed by atoms with van der Waals surface area (Å²) in [5.74, 6) is 0.809. The Hall–Kier alpha value is -2.37. The zero-order valence-electron chi connectivity index (χ0n) is 16.8. The molecule has 1 atom stereocenters. The Morgan fingerprint density at radius 1 is 1.33 bits per heavy atom. The number of carbonyl (C=O) groups excluding carboxylic acids is 1. The van der Waals surface area contributed by atoms with E-state index < -0.39 is 0 Å². The molecule has 2 aromatic rings. The topological polar surface area (TPSA) is 68.9 Å². The number of fused-ring (bicyclic) bond motifs is 1. The van der Waals surface area contributed by atoms with Crippen LogP contribution in [-0.4, -0.2) is 26.8 Å². The SMILES string of the molecule is Cc1ccc(C)c(Cn2nc3n(c2=O)CCCC3C(=O)NCCC(C)C)c1. The Morgan fingerprint density at radius 2 is 2.11 bits per heavy atom. The first kappa shape index (κ1) is 19.4. The highest BCUT2D eigenvalue weighted by molar-refractivity contribution is 5.82. The van der Waals surface area contributed by atoms with Crippen LogP contribution < -0.4 is 11.0 Å². The number of amides is 1. The zero-order chi connectivity index (χ0) is 19.6. The van der Waals surface area contributed by atoms with Crippen molar-refractivity contribution in [2.75, 3.05) is 6.54 Å². The third kappa shape index (κ3) is 4.31. The van der Waals surface area contributed by atoms with E-state index in [1.807, 2.05) is 13.8 Å². The highest BCUT2D eigenvalue weighted by Gasteiger charge is 2.31. The predicted molar refractivity (Wildman–Crippen MR) is 106 cm³/mol. The lowest BCUT2D eigenvalue weighted by Gasteiger charge is -2.21. The average Bonchev–Trinajstić information content (AvgIpc) is 2.94. The monoisotopic (exact) mass is 370 g/mol. The molecule has 3 rings (SSSR count). The van der Waals surface area contributed by atoms with Crippen molar-refractivity contribution in [2.24, 2.45) is 5.92 Å². The molecule has 2 heterocycles. The molecule has 0 saturated heterocycles. The summed E-state index contributed by atoms with van der Waals surface area (Å²) < 4.78 is 3.19. The molecule has 1 N–H and O–H groups in total. The summed E-state index contributed by atoms with van der Waals surface area (Å²) in [4.78, 5) is 25.5. The average molecular weight is 370 g/mol. The third-order valence-corrected chi connectivity index (χ3v) is 5.30. The standard InChI is InChI=1S/C21H30N4O2/c1-14(2)9-10-22-20(26)18-6-5-11-24-19(18)23-25(21(24)27)13-17-12-15(3)7-8-16(17)4/h7-8,12,14,18H,5-6,9-11,13H2,1-4H3,(H,22,26). The maximum absolute atomic E-state index is 12.8. The van der Waals surface area contributed by atoms with Crippen LogP contribution in [0.4, 0.5) is 0 Å². The quantitative estimate of drug-likeness (QED) is 0.850. The molecule has 6 nitrogen and oxygen atoms in total. The van der Waals surface area contributed by atoms with Crippen molar-refractivity contribution in [2.45, 2.75) is 66.0 Å². The molecule has 0 saturated carbocycles. The number of hydrogen-bond donors (Lipinski definition) is 1. The molecule has 1 unspecified atom stereocenters. The van der Waals surface area contributed by atoms with Gasteiger partial charge in [0.05, 0.1) is 12.5 Å². The van der Waals surface area contributed by atoms with Gasteiger partial charge in [-0.2, -0.15) is 5.10 Å². The van der Waals surface area contributed by atoms with E-state index in [1.54, 1.807) is 4.57 Å². The minimum atomic E-state index is -0.335. The minimum Gasteiger partial charge on any atom is -0.355 e. The molecule has 1 aliphatic heterocycles. The molecule has 0 aliphatic carbocycles. The van der Waals surface area contributed by atoms with Gasteiger partial charge in [-0.15, -0.1) is 0 Å². The highest BCUT2D eigenvalue weighted by Crippen LogP contribution is 2.25. The van der Waals surface area contributed by atoms with Gasteiger partial charge in [0.2, 0.25) is 5.91 Å². The first-order chi connectivity index (χ1) is 12.9. The van der Waals surface area contributed by atoms with Crippen molar-refractivity contribution in [1.29, 1.82) is 0 Å². The van der Waals surface area contributed by atoms with Gasteiger partial charge >= 0.3 is 5.69 Å². The molecule has 0 fully saturated rings. The first-order valence-electron chi connectivity index (χ1n) is 9.88. The number of hydrogen-bond acceptors (Lipinski definition) is 3. The van der Waals surface area contributed by atoms with Gasteiger partial charge in [-0.1, -0.05) is 37.6 Å². The van der Waals surface area contributed by atoms with Crippen molar-refractivity contribution >= 4 is 5.91 Å². The van der Waals surface area contributed by atoms with Gasteiger partial charge in [-0.25, -0.2) is 9.48 Å². The smallest absolute Gasteiger partial charge is 0.346 e. The van der Waals surface area contributed by atoms with Gasteiger partial charge in [-0.05, 0) is 50.2 Å². The molecule has 0 spiro atoms.